The molecule has 2 aromatic rings. The third-order valence-electron chi connectivity index (χ3n) is 4.43. The van der Waals surface area contributed by atoms with E-state index in [4.69, 9.17) is 10.6 Å². The molecule has 152 valence electrons. The third kappa shape index (κ3) is 4.48. The van der Waals surface area contributed by atoms with E-state index in [1.165, 1.54) is 12.1 Å². The van der Waals surface area contributed by atoms with Crippen molar-refractivity contribution in [3.05, 3.63) is 64.1 Å². The predicted octanol–water partition coefficient (Wildman–Crippen LogP) is 0.382. The van der Waals surface area contributed by atoms with Crippen LogP contribution in [-0.2, 0) is 24.4 Å². The maximum absolute atomic E-state index is 12.9. The van der Waals surface area contributed by atoms with E-state index in [1.807, 2.05) is 6.92 Å². The zero-order chi connectivity index (χ0) is 21.2. The molecule has 2 aromatic carbocycles. The largest absolute Gasteiger partial charge is 0.380 e. The molecule has 29 heavy (non-hydrogen) atoms. The Labute approximate surface area is 176 Å². The first-order chi connectivity index (χ1) is 13.7. The molecule has 0 aliphatic carbocycles. The molecule has 1 saturated heterocycles. The number of benzene rings is 2. The molecule has 0 spiro atoms. The second-order valence-electron chi connectivity index (χ2n) is 6.51. The van der Waals surface area contributed by atoms with Crippen LogP contribution in [0.25, 0.3) is 0 Å². The number of amidine groups is 1. The Bertz CT molecular complexity index is 1070. The van der Waals surface area contributed by atoms with Crippen LogP contribution in [0, 0.1) is 6.92 Å². The van der Waals surface area contributed by atoms with Crippen molar-refractivity contribution in [2.24, 2.45) is 5.73 Å². The second kappa shape index (κ2) is 8.34. The number of nitrogens with zero attached hydrogens (tertiary/aromatic N) is 1. The quantitative estimate of drug-likeness (QED) is 0.276. The normalized spacial score (nSPS) is 17.4. The van der Waals surface area contributed by atoms with Crippen molar-refractivity contribution >= 4 is 43.7 Å². The number of carbonyl (C=O) groups is 2. The number of sulfonamides is 1. The van der Waals surface area contributed by atoms with Crippen LogP contribution in [0.2, 0.25) is 0 Å². The molecule has 1 amide bonds. The van der Waals surface area contributed by atoms with Crippen molar-refractivity contribution < 1.29 is 28.0 Å². The molecule has 1 atom stereocenters. The predicted molar refractivity (Wildman–Crippen MR) is 108 cm³/mol. The minimum Gasteiger partial charge on any atom is -0.284 e. The highest BCUT2D eigenvalue weighted by Crippen LogP contribution is 2.27. The van der Waals surface area contributed by atoms with E-state index in [9.17, 15) is 18.0 Å². The van der Waals surface area contributed by atoms with Crippen LogP contribution in [-0.4, -0.2) is 36.5 Å². The van der Waals surface area contributed by atoms with Crippen molar-refractivity contribution in [3.63, 3.8) is 0 Å². The van der Waals surface area contributed by atoms with Crippen LogP contribution in [0.1, 0.15) is 24.0 Å². The van der Waals surface area contributed by atoms with Crippen LogP contribution in [0.5, 0.6) is 0 Å². The summed E-state index contributed by atoms with van der Waals surface area (Å²) in [5.74, 6) is -1.49. The minimum absolute atomic E-state index is 0.0304. The topological polar surface area (TPSA) is 121 Å². The summed E-state index contributed by atoms with van der Waals surface area (Å²) in [5, 5.41) is 2.33. The summed E-state index contributed by atoms with van der Waals surface area (Å²) in [4.78, 5) is 29.7. The summed E-state index contributed by atoms with van der Waals surface area (Å²) in [5.41, 5.74) is 7.31. The Hall–Kier alpha value is -2.72. The molecule has 10 heteroatoms. The summed E-state index contributed by atoms with van der Waals surface area (Å²) >= 11 is 3.31. The van der Waals surface area contributed by atoms with Gasteiger partial charge in [0, 0.05) is 10.9 Å². The van der Waals surface area contributed by atoms with Crippen molar-refractivity contribution in [2.45, 2.75) is 30.7 Å². The van der Waals surface area contributed by atoms with E-state index in [0.29, 0.717) is 9.87 Å². The fourth-order valence-electron chi connectivity index (χ4n) is 2.86. The number of hydrogen-bond acceptors (Lipinski definition) is 5. The number of halogens is 1. The SMILES string of the molecule is Cc1ccc(S(=O)(=O)N2C(=O)CC[C@H]2C(=O)O[NH+]=C(N)c2ccc(Br)cc2)cc1. The Morgan fingerprint density at radius 1 is 1.17 bits per heavy atom. The van der Waals surface area contributed by atoms with Gasteiger partial charge in [-0.2, -0.15) is 0 Å². The summed E-state index contributed by atoms with van der Waals surface area (Å²) in [6.45, 7) is 1.82. The average Bonchev–Trinajstić information content (AvgIpc) is 3.09. The molecule has 1 fully saturated rings. The number of amides is 1. The third-order valence-corrected chi connectivity index (χ3v) is 6.80. The number of nitrogens with two attached hydrogens (primary N) is 1. The van der Waals surface area contributed by atoms with Gasteiger partial charge in [0.15, 0.2) is 6.04 Å². The van der Waals surface area contributed by atoms with Gasteiger partial charge in [0.25, 0.3) is 10.0 Å². The van der Waals surface area contributed by atoms with Crippen LogP contribution >= 0.6 is 15.9 Å². The molecule has 0 unspecified atom stereocenters. The van der Waals surface area contributed by atoms with Crippen molar-refractivity contribution in [1.29, 1.82) is 0 Å². The number of rotatable bonds is 5. The highest BCUT2D eigenvalue weighted by molar-refractivity contribution is 9.10. The minimum atomic E-state index is -4.18. The van der Waals surface area contributed by atoms with Crippen molar-refractivity contribution in [3.8, 4) is 0 Å². The monoisotopic (exact) mass is 480 g/mol. The highest BCUT2D eigenvalue weighted by Gasteiger charge is 2.45. The van der Waals surface area contributed by atoms with Crippen molar-refractivity contribution in [2.75, 3.05) is 0 Å². The molecule has 0 bridgehead atoms. The van der Waals surface area contributed by atoms with Gasteiger partial charge < -0.3 is 0 Å². The van der Waals surface area contributed by atoms with Crippen LogP contribution < -0.4 is 10.9 Å². The molecule has 1 aliphatic rings. The summed E-state index contributed by atoms with van der Waals surface area (Å²) in [6, 6.07) is 11.7. The first kappa shape index (κ1) is 21.0. The van der Waals surface area contributed by atoms with Gasteiger partial charge >= 0.3 is 11.8 Å². The number of carbonyl (C=O) groups excluding carboxylic acids is 2. The zero-order valence-corrected chi connectivity index (χ0v) is 17.9. The average molecular weight is 481 g/mol. The molecule has 0 saturated carbocycles. The van der Waals surface area contributed by atoms with Gasteiger partial charge in [-0.05, 0) is 49.7 Å². The number of nitrogens with one attached hydrogen (secondary N) is 1. The van der Waals surface area contributed by atoms with Gasteiger partial charge in [0.1, 0.15) is 0 Å². The molecule has 0 aromatic heterocycles. The van der Waals surface area contributed by atoms with Crippen molar-refractivity contribution in [1.82, 2.24) is 4.31 Å². The van der Waals surface area contributed by atoms with E-state index in [0.717, 1.165) is 10.0 Å². The van der Waals surface area contributed by atoms with Crippen LogP contribution in [0.4, 0.5) is 0 Å². The molecular formula is C19H19BrN3O5S+. The number of hydrogen-bond donors (Lipinski definition) is 2. The number of nitrogen functional groups attached to an aromatic ring is 1. The Kier molecular flexibility index (Phi) is 6.04. The maximum Gasteiger partial charge on any atom is 0.380 e. The Balaban J connectivity index is 1.80. The zero-order valence-electron chi connectivity index (χ0n) is 15.5. The second-order valence-corrected chi connectivity index (χ2v) is 9.24. The van der Waals surface area contributed by atoms with E-state index < -0.39 is 27.9 Å². The number of aryl methyl sites for hydroxylation is 1. The molecule has 0 radical (unpaired) electrons. The van der Waals surface area contributed by atoms with E-state index in [1.54, 1.807) is 36.4 Å². The Morgan fingerprint density at radius 2 is 1.79 bits per heavy atom. The molecule has 3 N–H and O–H groups in total. The van der Waals surface area contributed by atoms with Gasteiger partial charge in [-0.25, -0.2) is 17.5 Å². The van der Waals surface area contributed by atoms with Gasteiger partial charge in [-0.3, -0.25) is 15.4 Å². The first-order valence-electron chi connectivity index (χ1n) is 8.69. The lowest BCUT2D eigenvalue weighted by Gasteiger charge is -2.21. The maximum atomic E-state index is 12.9. The lowest BCUT2D eigenvalue weighted by Crippen LogP contribution is -2.76. The van der Waals surface area contributed by atoms with E-state index >= 15 is 0 Å². The molecule has 8 nitrogen and oxygen atoms in total. The van der Waals surface area contributed by atoms with Gasteiger partial charge in [-0.1, -0.05) is 38.8 Å². The highest BCUT2D eigenvalue weighted by atomic mass is 79.9. The fourth-order valence-corrected chi connectivity index (χ4v) is 4.72. The van der Waals surface area contributed by atoms with Gasteiger partial charge in [0.05, 0.1) is 10.5 Å². The summed E-state index contributed by atoms with van der Waals surface area (Å²) in [6.07, 6.45) is -0.0423. The fraction of sp³-hybridized carbons (Fsp3) is 0.211. The van der Waals surface area contributed by atoms with E-state index in [-0.39, 0.29) is 23.6 Å². The van der Waals surface area contributed by atoms with Crippen LogP contribution in [0.15, 0.2) is 57.9 Å². The lowest BCUT2D eigenvalue weighted by atomic mass is 10.2. The lowest BCUT2D eigenvalue weighted by molar-refractivity contribution is -0.724. The standard InChI is InChI=1S/C19H18BrN3O5S/c1-12-2-8-15(9-3-12)29(26,27)23-16(10-11-17(23)24)19(25)28-22-18(21)13-4-6-14(20)7-5-13/h2-9,16H,10-11H2,1H3,(H2,21,22)/p+1/t16-/m0/s1. The Morgan fingerprint density at radius 3 is 2.41 bits per heavy atom. The van der Waals surface area contributed by atoms with Crippen LogP contribution in [0.3, 0.4) is 0 Å². The van der Waals surface area contributed by atoms with E-state index in [2.05, 4.69) is 21.1 Å². The summed E-state index contributed by atoms with van der Waals surface area (Å²) < 4.78 is 27.3. The molecule has 3 rings (SSSR count). The van der Waals surface area contributed by atoms with Gasteiger partial charge in [-0.15, -0.1) is 0 Å². The summed E-state index contributed by atoms with van der Waals surface area (Å²) in [7, 11) is -4.18. The molecular weight excluding hydrogens is 462 g/mol. The molecule has 1 aliphatic heterocycles. The first-order valence-corrected chi connectivity index (χ1v) is 10.9. The van der Waals surface area contributed by atoms with Gasteiger partial charge in [0.2, 0.25) is 5.91 Å². The molecule has 1 heterocycles. The smallest absolute Gasteiger partial charge is 0.284 e.